The van der Waals surface area contributed by atoms with Gasteiger partial charge >= 0.3 is 0 Å². The van der Waals surface area contributed by atoms with Crippen LogP contribution in [0.1, 0.15) is 17.2 Å². The van der Waals surface area contributed by atoms with Crippen molar-refractivity contribution in [3.05, 3.63) is 65.5 Å². The van der Waals surface area contributed by atoms with Crippen molar-refractivity contribution in [2.45, 2.75) is 22.7 Å². The monoisotopic (exact) mass is 260 g/mol. The van der Waals surface area contributed by atoms with Crippen LogP contribution >= 0.6 is 11.8 Å². The molecule has 1 aliphatic rings. The van der Waals surface area contributed by atoms with Gasteiger partial charge in [0.25, 0.3) is 0 Å². The Kier molecular flexibility index (Phi) is 3.10. The largest absolute Gasteiger partial charge is 0.387 e. The fourth-order valence-corrected chi connectivity index (χ4v) is 3.59. The summed E-state index contributed by atoms with van der Waals surface area (Å²) in [5.74, 6) is -0.270. The number of benzene rings is 2. The van der Waals surface area contributed by atoms with Crippen LogP contribution in [-0.4, -0.2) is 10.4 Å². The highest BCUT2D eigenvalue weighted by molar-refractivity contribution is 8.00. The average molecular weight is 260 g/mol. The third kappa shape index (κ3) is 2.16. The quantitative estimate of drug-likeness (QED) is 0.890. The predicted octanol–water partition coefficient (Wildman–Crippen LogP) is 3.58. The number of halogens is 1. The number of fused-ring (bicyclic) bond motifs is 1. The fourth-order valence-electron chi connectivity index (χ4n) is 2.26. The van der Waals surface area contributed by atoms with E-state index in [0.29, 0.717) is 0 Å². The van der Waals surface area contributed by atoms with Crippen molar-refractivity contribution in [3.63, 3.8) is 0 Å². The second-order valence-electron chi connectivity index (χ2n) is 4.46. The lowest BCUT2D eigenvalue weighted by Crippen LogP contribution is -2.14. The molecular weight excluding hydrogens is 247 g/mol. The molecular formula is C15H13FOS. The highest BCUT2D eigenvalue weighted by Crippen LogP contribution is 2.42. The summed E-state index contributed by atoms with van der Waals surface area (Å²) < 4.78 is 12.9. The number of hydrogen-bond donors (Lipinski definition) is 1. The molecule has 0 spiro atoms. The Morgan fingerprint density at radius 1 is 1.11 bits per heavy atom. The smallest absolute Gasteiger partial charge is 0.123 e. The van der Waals surface area contributed by atoms with Crippen molar-refractivity contribution >= 4 is 11.8 Å². The summed E-state index contributed by atoms with van der Waals surface area (Å²) in [6, 6.07) is 14.3. The first-order valence-electron chi connectivity index (χ1n) is 5.92. The number of aliphatic hydroxyl groups is 1. The van der Waals surface area contributed by atoms with Gasteiger partial charge in [0, 0.05) is 10.1 Å². The summed E-state index contributed by atoms with van der Waals surface area (Å²) in [6.07, 6.45) is 0.308. The van der Waals surface area contributed by atoms with Gasteiger partial charge in [-0.3, -0.25) is 0 Å². The van der Waals surface area contributed by atoms with Crippen molar-refractivity contribution < 1.29 is 9.50 Å². The molecule has 0 aliphatic carbocycles. The van der Waals surface area contributed by atoms with E-state index in [0.717, 1.165) is 12.0 Å². The summed E-state index contributed by atoms with van der Waals surface area (Å²) in [7, 11) is 0. The van der Waals surface area contributed by atoms with Crippen molar-refractivity contribution in [1.29, 1.82) is 0 Å². The zero-order valence-electron chi connectivity index (χ0n) is 9.71. The standard InChI is InChI=1S/C15H13FOS/c16-12-7-5-10(6-8-12)15(17)14-9-11-3-1-2-4-13(11)18-14/h1-8,14-15,17H,9H2. The topological polar surface area (TPSA) is 20.2 Å². The van der Waals surface area contributed by atoms with E-state index < -0.39 is 6.10 Å². The molecule has 0 saturated carbocycles. The van der Waals surface area contributed by atoms with Gasteiger partial charge < -0.3 is 5.11 Å². The lowest BCUT2D eigenvalue weighted by atomic mass is 10.0. The maximum atomic E-state index is 12.9. The van der Waals surface area contributed by atoms with E-state index in [1.165, 1.54) is 22.6 Å². The van der Waals surface area contributed by atoms with Crippen molar-refractivity contribution in [3.8, 4) is 0 Å². The molecule has 2 aromatic carbocycles. The first-order chi connectivity index (χ1) is 8.74. The minimum Gasteiger partial charge on any atom is -0.387 e. The van der Waals surface area contributed by atoms with Crippen molar-refractivity contribution in [2.75, 3.05) is 0 Å². The summed E-state index contributed by atoms with van der Waals surface area (Å²) >= 11 is 1.70. The second kappa shape index (κ2) is 4.75. The maximum absolute atomic E-state index is 12.9. The molecule has 18 heavy (non-hydrogen) atoms. The molecule has 2 aromatic rings. The third-order valence-corrected chi connectivity index (χ3v) is 4.62. The van der Waals surface area contributed by atoms with Gasteiger partial charge in [0.1, 0.15) is 5.82 Å². The van der Waals surface area contributed by atoms with Crippen LogP contribution < -0.4 is 0 Å². The normalized spacial score (nSPS) is 19.6. The molecule has 3 rings (SSSR count). The molecule has 92 valence electrons. The van der Waals surface area contributed by atoms with Crippen LogP contribution in [0.2, 0.25) is 0 Å². The van der Waals surface area contributed by atoms with Gasteiger partial charge in [-0.2, -0.15) is 0 Å². The Hall–Kier alpha value is -1.32. The zero-order chi connectivity index (χ0) is 12.5. The summed E-state index contributed by atoms with van der Waals surface area (Å²) in [5.41, 5.74) is 2.07. The van der Waals surface area contributed by atoms with E-state index in [9.17, 15) is 9.50 Å². The molecule has 1 N–H and O–H groups in total. The molecule has 2 unspecified atom stereocenters. The minimum absolute atomic E-state index is 0.118. The molecule has 0 amide bonds. The van der Waals surface area contributed by atoms with Gasteiger partial charge in [-0.1, -0.05) is 30.3 Å². The average Bonchev–Trinajstić information content (AvgIpc) is 2.82. The van der Waals surface area contributed by atoms with Gasteiger partial charge in [0.15, 0.2) is 0 Å². The minimum atomic E-state index is -0.553. The van der Waals surface area contributed by atoms with Crippen LogP contribution in [0.4, 0.5) is 4.39 Å². The number of thioether (sulfide) groups is 1. The fraction of sp³-hybridized carbons (Fsp3) is 0.200. The van der Waals surface area contributed by atoms with Gasteiger partial charge in [0.05, 0.1) is 6.10 Å². The lowest BCUT2D eigenvalue weighted by molar-refractivity contribution is 0.175. The van der Waals surface area contributed by atoms with E-state index in [4.69, 9.17) is 0 Å². The highest BCUT2D eigenvalue weighted by Gasteiger charge is 2.28. The molecule has 1 heterocycles. The van der Waals surface area contributed by atoms with Crippen LogP contribution in [-0.2, 0) is 6.42 Å². The Labute approximate surface area is 110 Å². The molecule has 0 aromatic heterocycles. The number of aliphatic hydroxyl groups excluding tert-OH is 1. The third-order valence-electron chi connectivity index (χ3n) is 3.24. The SMILES string of the molecule is OC(c1ccc(F)cc1)C1Cc2ccccc2S1. The van der Waals surface area contributed by atoms with E-state index in [1.54, 1.807) is 23.9 Å². The summed E-state index contributed by atoms with van der Waals surface area (Å²) in [5, 5.41) is 10.5. The Balaban J connectivity index is 1.80. The highest BCUT2D eigenvalue weighted by atomic mass is 32.2. The Morgan fingerprint density at radius 3 is 2.56 bits per heavy atom. The molecule has 1 aliphatic heterocycles. The summed E-state index contributed by atoms with van der Waals surface area (Å²) in [4.78, 5) is 1.24. The Morgan fingerprint density at radius 2 is 1.83 bits per heavy atom. The van der Waals surface area contributed by atoms with E-state index in [-0.39, 0.29) is 11.1 Å². The molecule has 0 radical (unpaired) electrons. The first-order valence-corrected chi connectivity index (χ1v) is 6.80. The van der Waals surface area contributed by atoms with Crippen LogP contribution in [0.15, 0.2) is 53.4 Å². The molecule has 0 fully saturated rings. The van der Waals surface area contributed by atoms with Gasteiger partial charge in [-0.15, -0.1) is 11.8 Å². The maximum Gasteiger partial charge on any atom is 0.123 e. The molecule has 0 saturated heterocycles. The molecule has 0 bridgehead atoms. The van der Waals surface area contributed by atoms with Gasteiger partial charge in [0.2, 0.25) is 0 Å². The lowest BCUT2D eigenvalue weighted by Gasteiger charge is -2.17. The number of hydrogen-bond acceptors (Lipinski definition) is 2. The van der Waals surface area contributed by atoms with E-state index >= 15 is 0 Å². The van der Waals surface area contributed by atoms with Crippen molar-refractivity contribution in [2.24, 2.45) is 0 Å². The molecule has 2 atom stereocenters. The predicted molar refractivity (Wildman–Crippen MR) is 71.2 cm³/mol. The van der Waals surface area contributed by atoms with E-state index in [1.807, 2.05) is 12.1 Å². The van der Waals surface area contributed by atoms with Crippen LogP contribution in [0.25, 0.3) is 0 Å². The van der Waals surface area contributed by atoms with Gasteiger partial charge in [-0.25, -0.2) is 4.39 Å². The van der Waals surface area contributed by atoms with E-state index in [2.05, 4.69) is 12.1 Å². The van der Waals surface area contributed by atoms with Crippen LogP contribution in [0.3, 0.4) is 0 Å². The van der Waals surface area contributed by atoms with Crippen molar-refractivity contribution in [1.82, 2.24) is 0 Å². The number of rotatable bonds is 2. The molecule has 3 heteroatoms. The van der Waals surface area contributed by atoms with Crippen LogP contribution in [0.5, 0.6) is 0 Å². The van der Waals surface area contributed by atoms with Crippen LogP contribution in [0, 0.1) is 5.82 Å². The zero-order valence-corrected chi connectivity index (χ0v) is 10.5. The van der Waals surface area contributed by atoms with Gasteiger partial charge in [-0.05, 0) is 35.7 Å². The summed E-state index contributed by atoms with van der Waals surface area (Å²) in [6.45, 7) is 0. The Bertz CT molecular complexity index is 528. The molecule has 1 nitrogen and oxygen atoms in total. The first kappa shape index (κ1) is 11.8. The second-order valence-corrected chi connectivity index (χ2v) is 5.75.